The molecule has 0 fully saturated rings. The van der Waals surface area contributed by atoms with Crippen molar-refractivity contribution in [3.05, 3.63) is 27.7 Å². The van der Waals surface area contributed by atoms with Gasteiger partial charge in [-0.05, 0) is 18.6 Å². The summed E-state index contributed by atoms with van der Waals surface area (Å²) in [4.78, 5) is 32.2. The molecule has 0 bridgehead atoms. The molecule has 1 atom stereocenters. The summed E-state index contributed by atoms with van der Waals surface area (Å²) in [6.07, 6.45) is 0.617. The third-order valence-electron chi connectivity index (χ3n) is 2.79. The molecule has 1 rings (SSSR count). The van der Waals surface area contributed by atoms with Gasteiger partial charge in [-0.25, -0.2) is 4.79 Å². The third kappa shape index (κ3) is 5.72. The molecule has 0 heterocycles. The van der Waals surface area contributed by atoms with E-state index in [4.69, 9.17) is 32.8 Å². The van der Waals surface area contributed by atoms with E-state index in [1.807, 2.05) is 6.92 Å². The molecule has 22 heavy (non-hydrogen) atoms. The van der Waals surface area contributed by atoms with Crippen molar-refractivity contribution >= 4 is 64.5 Å². The summed E-state index contributed by atoms with van der Waals surface area (Å²) in [7, 11) is 1.53. The van der Waals surface area contributed by atoms with Crippen LogP contribution in [-0.4, -0.2) is 55.0 Å². The molecule has 0 spiro atoms. The van der Waals surface area contributed by atoms with Crippen molar-refractivity contribution < 1.29 is 24.1 Å². The van der Waals surface area contributed by atoms with Gasteiger partial charge in [-0.2, -0.15) is 0 Å². The van der Waals surface area contributed by atoms with Gasteiger partial charge in [0, 0.05) is 55.1 Å². The maximum Gasteiger partial charge on any atom is 0.352 e. The average molecular weight is 358 g/mol. The molecular weight excluding hydrogens is 342 g/mol. The number of Topliss-reactive ketones (excluding diaryl/α,β-unsaturated/α-hetero) is 1. The minimum Gasteiger partial charge on any atom is -0.384 e. The average Bonchev–Trinajstić information content (AvgIpc) is 2.45. The number of rotatable bonds is 7. The van der Waals surface area contributed by atoms with Crippen LogP contribution in [0, 0.1) is 5.92 Å². The van der Waals surface area contributed by atoms with Gasteiger partial charge in [0.25, 0.3) is 0 Å². The van der Waals surface area contributed by atoms with Crippen molar-refractivity contribution in [2.75, 3.05) is 13.7 Å². The molecule has 0 saturated heterocycles. The Morgan fingerprint density at radius 1 is 1.23 bits per heavy atom. The van der Waals surface area contributed by atoms with Crippen molar-refractivity contribution in [2.24, 2.45) is 5.92 Å². The summed E-state index contributed by atoms with van der Waals surface area (Å²) in [5, 5.41) is 0.0666. The van der Waals surface area contributed by atoms with Crippen LogP contribution in [-0.2, 0) is 14.4 Å². The number of hydrogen-bond donors (Lipinski definition) is 0. The van der Waals surface area contributed by atoms with E-state index in [0.29, 0.717) is 13.0 Å². The summed E-state index contributed by atoms with van der Waals surface area (Å²) < 4.78 is 5.02. The third-order valence-corrected chi connectivity index (χ3v) is 3.66. The molecule has 117 valence electrons. The SMILES string of the molecule is CCC(COC)C(=O)c1ccc(OOC(C)=O)c(Cl)c1Cl.[Na]. The van der Waals surface area contributed by atoms with Gasteiger partial charge >= 0.3 is 5.97 Å². The molecule has 1 aromatic carbocycles. The number of ketones is 1. The predicted octanol–water partition coefficient (Wildman–Crippen LogP) is 3.32. The molecule has 0 aliphatic heterocycles. The Morgan fingerprint density at radius 3 is 2.36 bits per heavy atom. The number of benzene rings is 1. The van der Waals surface area contributed by atoms with E-state index in [0.717, 1.165) is 0 Å². The summed E-state index contributed by atoms with van der Waals surface area (Å²) >= 11 is 12.1. The van der Waals surface area contributed by atoms with Gasteiger partial charge in [-0.1, -0.05) is 30.1 Å². The van der Waals surface area contributed by atoms with Crippen LogP contribution in [0.2, 0.25) is 10.0 Å². The molecule has 5 nitrogen and oxygen atoms in total. The Hall–Kier alpha value is -0.300. The Kier molecular flexibility index (Phi) is 10.3. The number of ether oxygens (including phenoxy) is 1. The number of methoxy groups -OCH3 is 1. The Balaban J connectivity index is 0.00000441. The summed E-state index contributed by atoms with van der Waals surface area (Å²) in [5.74, 6) is -1.03. The predicted molar refractivity (Wildman–Crippen MR) is 84.6 cm³/mol. The van der Waals surface area contributed by atoms with Crippen LogP contribution < -0.4 is 4.89 Å². The zero-order chi connectivity index (χ0) is 16.0. The van der Waals surface area contributed by atoms with Crippen molar-refractivity contribution in [2.45, 2.75) is 20.3 Å². The van der Waals surface area contributed by atoms with E-state index in [1.165, 1.54) is 26.2 Å². The molecule has 0 aromatic heterocycles. The van der Waals surface area contributed by atoms with E-state index in [9.17, 15) is 9.59 Å². The first-order chi connectivity index (χ1) is 9.92. The van der Waals surface area contributed by atoms with Crippen LogP contribution in [0.5, 0.6) is 5.75 Å². The summed E-state index contributed by atoms with van der Waals surface area (Å²) in [6.45, 7) is 3.37. The van der Waals surface area contributed by atoms with Gasteiger partial charge in [0.1, 0.15) is 5.02 Å². The van der Waals surface area contributed by atoms with Crippen LogP contribution in [0.4, 0.5) is 0 Å². The minimum absolute atomic E-state index is 0. The van der Waals surface area contributed by atoms with Crippen molar-refractivity contribution in [3.63, 3.8) is 0 Å². The largest absolute Gasteiger partial charge is 0.384 e. The second-order valence-electron chi connectivity index (χ2n) is 4.32. The molecule has 8 heteroatoms. The smallest absolute Gasteiger partial charge is 0.352 e. The summed E-state index contributed by atoms with van der Waals surface area (Å²) in [5.41, 5.74) is 0.278. The van der Waals surface area contributed by atoms with E-state index in [1.54, 1.807) is 0 Å². The fourth-order valence-electron chi connectivity index (χ4n) is 1.69. The first-order valence-corrected chi connectivity index (χ1v) is 7.04. The van der Waals surface area contributed by atoms with Crippen LogP contribution in [0.1, 0.15) is 30.6 Å². The zero-order valence-electron chi connectivity index (χ0n) is 12.9. The number of carbonyl (C=O) groups excluding carboxylic acids is 2. The van der Waals surface area contributed by atoms with Gasteiger partial charge in [-0.3, -0.25) is 14.6 Å². The number of carbonyl (C=O) groups is 2. The topological polar surface area (TPSA) is 61.8 Å². The Bertz CT molecular complexity index is 536. The van der Waals surface area contributed by atoms with Crippen molar-refractivity contribution in [3.8, 4) is 5.75 Å². The second-order valence-corrected chi connectivity index (χ2v) is 5.08. The van der Waals surface area contributed by atoms with Crippen LogP contribution >= 0.6 is 23.2 Å². The zero-order valence-corrected chi connectivity index (χ0v) is 16.5. The Morgan fingerprint density at radius 2 is 1.86 bits per heavy atom. The van der Waals surface area contributed by atoms with Crippen LogP contribution in [0.3, 0.4) is 0 Å². The van der Waals surface area contributed by atoms with E-state index < -0.39 is 5.97 Å². The van der Waals surface area contributed by atoms with E-state index in [2.05, 4.69) is 4.89 Å². The van der Waals surface area contributed by atoms with Crippen molar-refractivity contribution in [1.29, 1.82) is 0 Å². The first-order valence-electron chi connectivity index (χ1n) is 6.28. The second kappa shape index (κ2) is 10.5. The van der Waals surface area contributed by atoms with Gasteiger partial charge in [0.2, 0.25) is 0 Å². The fraction of sp³-hybridized carbons (Fsp3) is 0.429. The monoisotopic (exact) mass is 357 g/mol. The van der Waals surface area contributed by atoms with Crippen molar-refractivity contribution in [1.82, 2.24) is 0 Å². The molecule has 0 saturated carbocycles. The molecule has 0 aliphatic carbocycles. The fourth-order valence-corrected chi connectivity index (χ4v) is 2.14. The maximum absolute atomic E-state index is 12.4. The number of halogens is 2. The summed E-state index contributed by atoms with van der Waals surface area (Å²) in [6, 6.07) is 2.90. The maximum atomic E-state index is 12.4. The minimum atomic E-state index is -0.631. The van der Waals surface area contributed by atoms with Crippen LogP contribution in [0.15, 0.2) is 12.1 Å². The van der Waals surface area contributed by atoms with Crippen LogP contribution in [0.25, 0.3) is 0 Å². The molecule has 1 radical (unpaired) electrons. The van der Waals surface area contributed by atoms with E-state index >= 15 is 0 Å². The normalized spacial score (nSPS) is 11.3. The van der Waals surface area contributed by atoms with E-state index in [-0.39, 0.29) is 62.6 Å². The van der Waals surface area contributed by atoms with Gasteiger partial charge < -0.3 is 4.74 Å². The molecule has 1 unspecified atom stereocenters. The molecular formula is C14H16Cl2NaO5. The number of hydrogen-bond acceptors (Lipinski definition) is 5. The standard InChI is InChI=1S/C14H16Cl2O5.Na/c1-4-9(7-19-3)14(18)10-5-6-11(13(16)12(10)15)21-20-8(2)17;/h5-6,9H,4,7H2,1-3H3;. The molecule has 0 aliphatic rings. The quantitative estimate of drug-likeness (QED) is 0.324. The molecule has 0 N–H and O–H groups in total. The molecule has 0 amide bonds. The van der Waals surface area contributed by atoms with Gasteiger partial charge in [-0.15, -0.1) is 0 Å². The first kappa shape index (κ1) is 21.7. The molecule has 1 aromatic rings. The Labute approximate surface area is 161 Å². The van der Waals surface area contributed by atoms with Gasteiger partial charge in [0.15, 0.2) is 11.5 Å². The van der Waals surface area contributed by atoms with Gasteiger partial charge in [0.05, 0.1) is 11.6 Å².